The molecular weight excluding hydrogens is 196 g/mol. The second-order valence-electron chi connectivity index (χ2n) is 3.49. The molecule has 0 saturated heterocycles. The van der Waals surface area contributed by atoms with Crippen LogP contribution in [0.4, 0.5) is 0 Å². The first-order valence-electron chi connectivity index (χ1n) is 5.34. The predicted molar refractivity (Wildman–Crippen MR) is 57.4 cm³/mol. The van der Waals surface area contributed by atoms with Crippen molar-refractivity contribution in [1.29, 1.82) is 0 Å². The fourth-order valence-electron chi connectivity index (χ4n) is 1.19. The van der Waals surface area contributed by atoms with Crippen molar-refractivity contribution in [2.24, 2.45) is 5.73 Å². The van der Waals surface area contributed by atoms with E-state index in [1.807, 2.05) is 6.92 Å². The highest BCUT2D eigenvalue weighted by Gasteiger charge is 2.18. The number of carbonyl (C=O) groups is 2. The number of carbonyl (C=O) groups excluding carboxylic acids is 1. The first kappa shape index (κ1) is 13.9. The van der Waals surface area contributed by atoms with Crippen molar-refractivity contribution in [2.45, 2.75) is 45.1 Å². The Hall–Kier alpha value is -1.10. The average Bonchev–Trinajstić information content (AvgIpc) is 2.20. The van der Waals surface area contributed by atoms with Crippen LogP contribution in [-0.4, -0.2) is 29.6 Å². The number of amides is 1. The Bertz CT molecular complexity index is 207. The topological polar surface area (TPSA) is 92.4 Å². The van der Waals surface area contributed by atoms with Crippen LogP contribution in [0.15, 0.2) is 0 Å². The van der Waals surface area contributed by atoms with Crippen LogP contribution in [0, 0.1) is 0 Å². The van der Waals surface area contributed by atoms with Gasteiger partial charge in [-0.15, -0.1) is 0 Å². The van der Waals surface area contributed by atoms with Crippen LogP contribution in [0.25, 0.3) is 0 Å². The largest absolute Gasteiger partial charge is 0.480 e. The summed E-state index contributed by atoms with van der Waals surface area (Å²) in [7, 11) is 0. The second kappa shape index (κ2) is 8.23. The van der Waals surface area contributed by atoms with E-state index in [0.717, 1.165) is 12.8 Å². The van der Waals surface area contributed by atoms with Gasteiger partial charge in [-0.1, -0.05) is 19.8 Å². The van der Waals surface area contributed by atoms with Crippen LogP contribution < -0.4 is 11.1 Å². The maximum Gasteiger partial charge on any atom is 0.326 e. The minimum absolute atomic E-state index is 0.232. The number of aliphatic carboxylic acids is 1. The van der Waals surface area contributed by atoms with E-state index in [9.17, 15) is 9.59 Å². The number of rotatable bonds is 8. The summed E-state index contributed by atoms with van der Waals surface area (Å²) in [5, 5.41) is 11.3. The molecule has 0 radical (unpaired) electrons. The molecule has 15 heavy (non-hydrogen) atoms. The SMILES string of the molecule is CCCCC(NC(=O)CCCN)C(=O)O. The average molecular weight is 216 g/mol. The highest BCUT2D eigenvalue weighted by Crippen LogP contribution is 2.01. The number of carboxylic acid groups (broad SMARTS) is 1. The molecule has 0 rings (SSSR count). The Morgan fingerprint density at radius 3 is 2.53 bits per heavy atom. The van der Waals surface area contributed by atoms with Crippen molar-refractivity contribution in [2.75, 3.05) is 6.54 Å². The lowest BCUT2D eigenvalue weighted by Gasteiger charge is -2.13. The van der Waals surface area contributed by atoms with E-state index < -0.39 is 12.0 Å². The summed E-state index contributed by atoms with van der Waals surface area (Å²) >= 11 is 0. The zero-order chi connectivity index (χ0) is 11.7. The zero-order valence-electron chi connectivity index (χ0n) is 9.16. The molecule has 88 valence electrons. The maximum absolute atomic E-state index is 11.2. The molecule has 1 amide bonds. The molecule has 1 atom stereocenters. The van der Waals surface area contributed by atoms with E-state index in [1.54, 1.807) is 0 Å². The summed E-state index contributed by atoms with van der Waals surface area (Å²) in [5.41, 5.74) is 5.25. The fraction of sp³-hybridized carbons (Fsp3) is 0.800. The van der Waals surface area contributed by atoms with E-state index in [1.165, 1.54) is 0 Å². The first-order chi connectivity index (χ1) is 7.11. The van der Waals surface area contributed by atoms with Gasteiger partial charge >= 0.3 is 5.97 Å². The molecule has 0 aromatic heterocycles. The van der Waals surface area contributed by atoms with Gasteiger partial charge < -0.3 is 16.2 Å². The Morgan fingerprint density at radius 2 is 2.07 bits per heavy atom. The second-order valence-corrected chi connectivity index (χ2v) is 3.49. The van der Waals surface area contributed by atoms with Gasteiger partial charge in [0.05, 0.1) is 0 Å². The lowest BCUT2D eigenvalue weighted by Crippen LogP contribution is -2.40. The van der Waals surface area contributed by atoms with Gasteiger partial charge in [-0.05, 0) is 19.4 Å². The Labute approximate surface area is 90.0 Å². The van der Waals surface area contributed by atoms with Crippen molar-refractivity contribution in [3.63, 3.8) is 0 Å². The quantitative estimate of drug-likeness (QED) is 0.550. The Kier molecular flexibility index (Phi) is 7.62. The number of hydrogen-bond donors (Lipinski definition) is 3. The first-order valence-corrected chi connectivity index (χ1v) is 5.34. The normalized spacial score (nSPS) is 12.1. The van der Waals surface area contributed by atoms with Gasteiger partial charge in [-0.2, -0.15) is 0 Å². The molecule has 5 heteroatoms. The number of hydrogen-bond acceptors (Lipinski definition) is 3. The van der Waals surface area contributed by atoms with Crippen LogP contribution in [0.1, 0.15) is 39.0 Å². The standard InChI is InChI=1S/C10H20N2O3/c1-2-3-5-8(10(14)15)12-9(13)6-4-7-11/h8H,2-7,11H2,1H3,(H,12,13)(H,14,15). The van der Waals surface area contributed by atoms with E-state index in [2.05, 4.69) is 5.32 Å². The number of nitrogens with two attached hydrogens (primary N) is 1. The van der Waals surface area contributed by atoms with Crippen molar-refractivity contribution in [3.05, 3.63) is 0 Å². The monoisotopic (exact) mass is 216 g/mol. The number of unbranched alkanes of at least 4 members (excludes halogenated alkanes) is 1. The minimum atomic E-state index is -0.968. The van der Waals surface area contributed by atoms with Crippen LogP contribution in [0.3, 0.4) is 0 Å². The summed E-state index contributed by atoms with van der Waals surface area (Å²) in [6, 6.07) is -0.754. The van der Waals surface area contributed by atoms with E-state index in [-0.39, 0.29) is 5.91 Å². The maximum atomic E-state index is 11.2. The molecule has 4 N–H and O–H groups in total. The summed E-state index contributed by atoms with van der Waals surface area (Å²) in [4.78, 5) is 22.0. The molecule has 0 aromatic carbocycles. The highest BCUT2D eigenvalue weighted by molar-refractivity contribution is 5.83. The van der Waals surface area contributed by atoms with Crippen LogP contribution in [0.5, 0.6) is 0 Å². The smallest absolute Gasteiger partial charge is 0.326 e. The van der Waals surface area contributed by atoms with E-state index >= 15 is 0 Å². The van der Waals surface area contributed by atoms with Crippen molar-refractivity contribution in [3.8, 4) is 0 Å². The lowest BCUT2D eigenvalue weighted by molar-refractivity contribution is -0.142. The molecular formula is C10H20N2O3. The Balaban J connectivity index is 3.93. The van der Waals surface area contributed by atoms with Crippen LogP contribution >= 0.6 is 0 Å². The molecule has 0 heterocycles. The molecule has 5 nitrogen and oxygen atoms in total. The number of carboxylic acids is 1. The molecule has 0 aliphatic carbocycles. The zero-order valence-corrected chi connectivity index (χ0v) is 9.16. The summed E-state index contributed by atoms with van der Waals surface area (Å²) in [6.45, 7) is 2.43. The van der Waals surface area contributed by atoms with E-state index in [0.29, 0.717) is 25.8 Å². The molecule has 1 unspecified atom stereocenters. The summed E-state index contributed by atoms with van der Waals surface area (Å²) in [6.07, 6.45) is 3.09. The van der Waals surface area contributed by atoms with Gasteiger partial charge in [0.1, 0.15) is 6.04 Å². The lowest BCUT2D eigenvalue weighted by atomic mass is 10.1. The van der Waals surface area contributed by atoms with Gasteiger partial charge in [0.15, 0.2) is 0 Å². The van der Waals surface area contributed by atoms with Gasteiger partial charge in [0.25, 0.3) is 0 Å². The molecule has 0 aromatic rings. The third kappa shape index (κ3) is 6.90. The number of nitrogens with one attached hydrogen (secondary N) is 1. The van der Waals surface area contributed by atoms with Gasteiger partial charge in [-0.25, -0.2) is 4.79 Å². The van der Waals surface area contributed by atoms with Crippen molar-refractivity contribution < 1.29 is 14.7 Å². The third-order valence-corrected chi connectivity index (χ3v) is 2.09. The van der Waals surface area contributed by atoms with E-state index in [4.69, 9.17) is 10.8 Å². The van der Waals surface area contributed by atoms with Gasteiger partial charge in [0, 0.05) is 6.42 Å². The molecule has 0 fully saturated rings. The van der Waals surface area contributed by atoms with Crippen LogP contribution in [0.2, 0.25) is 0 Å². The molecule has 0 saturated carbocycles. The predicted octanol–water partition coefficient (Wildman–Crippen LogP) is 0.485. The minimum Gasteiger partial charge on any atom is -0.480 e. The molecule has 0 aliphatic rings. The molecule has 0 aliphatic heterocycles. The fourth-order valence-corrected chi connectivity index (χ4v) is 1.19. The van der Waals surface area contributed by atoms with Gasteiger partial charge in [-0.3, -0.25) is 4.79 Å². The van der Waals surface area contributed by atoms with Crippen molar-refractivity contribution in [1.82, 2.24) is 5.32 Å². The molecule has 0 spiro atoms. The van der Waals surface area contributed by atoms with Gasteiger partial charge in [0.2, 0.25) is 5.91 Å². The summed E-state index contributed by atoms with van der Waals surface area (Å²) in [5.74, 6) is -1.20. The van der Waals surface area contributed by atoms with Crippen LogP contribution in [-0.2, 0) is 9.59 Å². The highest BCUT2D eigenvalue weighted by atomic mass is 16.4. The summed E-state index contributed by atoms with van der Waals surface area (Å²) < 4.78 is 0. The van der Waals surface area contributed by atoms with Crippen molar-refractivity contribution >= 4 is 11.9 Å². The Morgan fingerprint density at radius 1 is 1.40 bits per heavy atom. The third-order valence-electron chi connectivity index (χ3n) is 2.09. The molecule has 0 bridgehead atoms.